The number of anilines is 1. The quantitative estimate of drug-likeness (QED) is 0.690. The molecule has 2 unspecified atom stereocenters. The van der Waals surface area contributed by atoms with Crippen molar-refractivity contribution in [2.75, 3.05) is 70.3 Å². The van der Waals surface area contributed by atoms with Gasteiger partial charge in [-0.2, -0.15) is 0 Å². The van der Waals surface area contributed by atoms with Gasteiger partial charge in [0.25, 0.3) is 0 Å². The number of piperazine rings is 2. The average molecular weight is 478 g/mol. The molecule has 2 aliphatic heterocycles. The number of nitrogens with zero attached hydrogens (tertiary/aromatic N) is 4. The Morgan fingerprint density at radius 2 is 1.77 bits per heavy atom. The van der Waals surface area contributed by atoms with Crippen molar-refractivity contribution in [1.82, 2.24) is 19.7 Å². The summed E-state index contributed by atoms with van der Waals surface area (Å²) in [7, 11) is 0. The first kappa shape index (κ1) is 23.1. The van der Waals surface area contributed by atoms with Crippen molar-refractivity contribution in [3.8, 4) is 0 Å². The fourth-order valence-electron chi connectivity index (χ4n) is 6.25. The maximum absolute atomic E-state index is 11.6. The number of aromatic nitrogens is 1. The maximum Gasteiger partial charge on any atom is 0.417 e. The monoisotopic (exact) mass is 477 g/mol. The molecule has 188 valence electrons. The highest BCUT2D eigenvalue weighted by molar-refractivity contribution is 5.86. The lowest BCUT2D eigenvalue weighted by atomic mass is 9.86. The van der Waals surface area contributed by atoms with E-state index >= 15 is 0 Å². The summed E-state index contributed by atoms with van der Waals surface area (Å²) in [5.74, 6) is 0.836. The van der Waals surface area contributed by atoms with E-state index in [2.05, 4.69) is 55.8 Å². The maximum atomic E-state index is 11.6. The number of aromatic amines is 1. The summed E-state index contributed by atoms with van der Waals surface area (Å²) in [6.45, 7) is 13.5. The predicted molar refractivity (Wildman–Crippen MR) is 141 cm³/mol. The van der Waals surface area contributed by atoms with Gasteiger partial charge in [0.05, 0.1) is 11.2 Å². The molecule has 1 aromatic heterocycles. The molecule has 2 atom stereocenters. The standard InChI is InChI=1S/C28H39N5O2/c1-21-18-22(8-9-23(21)20-31-10-14-32(15-11-31)24-4-2-5-24)19-30-12-16-33(17-13-30)26-7-3-6-25-27(26)35-28(34)29-25/h3,6-9,18,21,23-24H,2,4-5,10-17,19-20H2,1H3,(H,29,34). The average Bonchev–Trinajstić information content (AvgIpc) is 3.22. The number of allylic oxidation sites excluding steroid dienone is 1. The second-order valence-corrected chi connectivity index (χ2v) is 11.0. The predicted octanol–water partition coefficient (Wildman–Crippen LogP) is 3.16. The van der Waals surface area contributed by atoms with E-state index in [1.54, 1.807) is 0 Å². The van der Waals surface area contributed by atoms with Crippen LogP contribution < -0.4 is 10.7 Å². The van der Waals surface area contributed by atoms with Crippen molar-refractivity contribution in [3.63, 3.8) is 0 Å². The minimum absolute atomic E-state index is 0.384. The summed E-state index contributed by atoms with van der Waals surface area (Å²) >= 11 is 0. The fourth-order valence-corrected chi connectivity index (χ4v) is 6.25. The molecule has 7 heteroatoms. The van der Waals surface area contributed by atoms with Crippen molar-refractivity contribution >= 4 is 16.8 Å². The molecule has 0 bridgehead atoms. The van der Waals surface area contributed by atoms with Gasteiger partial charge in [-0.1, -0.05) is 37.6 Å². The first-order valence-corrected chi connectivity index (χ1v) is 13.6. The Bertz CT molecular complexity index is 1130. The van der Waals surface area contributed by atoms with Gasteiger partial charge < -0.3 is 14.2 Å². The summed E-state index contributed by atoms with van der Waals surface area (Å²) in [6, 6.07) is 6.82. The molecule has 0 spiro atoms. The SMILES string of the molecule is CC1C=C(CN2CCN(c3cccc4[nH]c(=O)oc34)CC2)C=CC1CN1CCN(C2CCC2)CC1. The minimum Gasteiger partial charge on any atom is -0.406 e. The molecule has 2 aliphatic carbocycles. The first-order valence-electron chi connectivity index (χ1n) is 13.6. The molecule has 2 aromatic rings. The largest absolute Gasteiger partial charge is 0.417 e. The number of hydrogen-bond acceptors (Lipinski definition) is 6. The van der Waals surface area contributed by atoms with Crippen molar-refractivity contribution in [1.29, 1.82) is 0 Å². The van der Waals surface area contributed by atoms with Gasteiger partial charge in [0.2, 0.25) is 0 Å². The molecule has 2 saturated heterocycles. The molecule has 0 amide bonds. The van der Waals surface area contributed by atoms with Gasteiger partial charge in [-0.15, -0.1) is 0 Å². The number of fused-ring (bicyclic) bond motifs is 1. The lowest BCUT2D eigenvalue weighted by Crippen LogP contribution is -2.53. The van der Waals surface area contributed by atoms with E-state index in [1.807, 2.05) is 12.1 Å². The van der Waals surface area contributed by atoms with Gasteiger partial charge in [0, 0.05) is 71.5 Å². The van der Waals surface area contributed by atoms with Crippen molar-refractivity contribution in [3.05, 3.63) is 52.6 Å². The van der Waals surface area contributed by atoms with Crippen LogP contribution >= 0.6 is 0 Å². The Balaban J connectivity index is 0.981. The number of oxazole rings is 1. The fraction of sp³-hybridized carbons (Fsp3) is 0.607. The zero-order chi connectivity index (χ0) is 23.8. The zero-order valence-electron chi connectivity index (χ0n) is 21.0. The van der Waals surface area contributed by atoms with Gasteiger partial charge in [0.15, 0.2) is 5.58 Å². The molecule has 1 saturated carbocycles. The molecule has 6 rings (SSSR count). The Labute approximate surface area is 208 Å². The Kier molecular flexibility index (Phi) is 6.56. The highest BCUT2D eigenvalue weighted by Crippen LogP contribution is 2.29. The molecular weight excluding hydrogens is 438 g/mol. The number of benzene rings is 1. The van der Waals surface area contributed by atoms with E-state index < -0.39 is 0 Å². The summed E-state index contributed by atoms with van der Waals surface area (Å²) < 4.78 is 5.41. The zero-order valence-corrected chi connectivity index (χ0v) is 21.0. The molecule has 0 radical (unpaired) electrons. The van der Waals surface area contributed by atoms with Crippen LogP contribution in [0, 0.1) is 11.8 Å². The number of para-hydroxylation sites is 1. The molecule has 7 nitrogen and oxygen atoms in total. The second kappa shape index (κ2) is 9.96. The molecule has 1 aromatic carbocycles. The molecule has 35 heavy (non-hydrogen) atoms. The third kappa shape index (κ3) is 4.99. The highest BCUT2D eigenvalue weighted by Gasteiger charge is 2.29. The van der Waals surface area contributed by atoms with Gasteiger partial charge >= 0.3 is 5.76 Å². The summed E-state index contributed by atoms with van der Waals surface area (Å²) in [6.07, 6.45) is 11.7. The van der Waals surface area contributed by atoms with Crippen LogP contribution in [0.15, 0.2) is 51.2 Å². The number of nitrogens with one attached hydrogen (secondary N) is 1. The summed E-state index contributed by atoms with van der Waals surface area (Å²) in [5, 5.41) is 0. The minimum atomic E-state index is -0.384. The molecule has 3 heterocycles. The Morgan fingerprint density at radius 3 is 2.49 bits per heavy atom. The van der Waals surface area contributed by atoms with Crippen LogP contribution in [0.2, 0.25) is 0 Å². The van der Waals surface area contributed by atoms with Gasteiger partial charge in [-0.3, -0.25) is 14.8 Å². The van der Waals surface area contributed by atoms with E-state index in [4.69, 9.17) is 4.42 Å². The second-order valence-electron chi connectivity index (χ2n) is 11.0. The van der Waals surface area contributed by atoms with Crippen molar-refractivity contribution in [2.45, 2.75) is 32.2 Å². The molecule has 3 fully saturated rings. The molecule has 4 aliphatic rings. The molecular formula is C28H39N5O2. The van der Waals surface area contributed by atoms with Crippen LogP contribution in [0.4, 0.5) is 5.69 Å². The first-order chi connectivity index (χ1) is 17.1. The lowest BCUT2D eigenvalue weighted by Gasteiger charge is -2.44. The van der Waals surface area contributed by atoms with Crippen LogP contribution in [0.25, 0.3) is 11.1 Å². The summed E-state index contributed by atoms with van der Waals surface area (Å²) in [5.41, 5.74) is 3.92. The topological polar surface area (TPSA) is 59.0 Å². The highest BCUT2D eigenvalue weighted by atomic mass is 16.4. The van der Waals surface area contributed by atoms with Crippen LogP contribution in [0.3, 0.4) is 0 Å². The van der Waals surface area contributed by atoms with E-state index in [-0.39, 0.29) is 5.76 Å². The normalized spacial score (nSPS) is 27.3. The van der Waals surface area contributed by atoms with Gasteiger partial charge in [0.1, 0.15) is 0 Å². The third-order valence-corrected chi connectivity index (χ3v) is 8.72. The smallest absolute Gasteiger partial charge is 0.406 e. The van der Waals surface area contributed by atoms with E-state index in [9.17, 15) is 4.79 Å². The van der Waals surface area contributed by atoms with Gasteiger partial charge in [-0.25, -0.2) is 4.79 Å². The van der Waals surface area contributed by atoms with Crippen molar-refractivity contribution < 1.29 is 4.42 Å². The van der Waals surface area contributed by atoms with E-state index in [0.29, 0.717) is 17.4 Å². The number of H-pyrrole nitrogens is 1. The Hall–Kier alpha value is -2.35. The third-order valence-electron chi connectivity index (χ3n) is 8.72. The van der Waals surface area contributed by atoms with Crippen LogP contribution in [-0.4, -0.2) is 91.2 Å². The number of hydrogen-bond donors (Lipinski definition) is 1. The van der Waals surface area contributed by atoms with E-state index in [0.717, 1.165) is 50.0 Å². The van der Waals surface area contributed by atoms with Crippen molar-refractivity contribution in [2.24, 2.45) is 11.8 Å². The summed E-state index contributed by atoms with van der Waals surface area (Å²) in [4.78, 5) is 24.7. The van der Waals surface area contributed by atoms with Crippen LogP contribution in [-0.2, 0) is 0 Å². The number of rotatable bonds is 6. The van der Waals surface area contributed by atoms with Gasteiger partial charge in [-0.05, 0) is 42.4 Å². The van der Waals surface area contributed by atoms with Crippen LogP contribution in [0.5, 0.6) is 0 Å². The van der Waals surface area contributed by atoms with E-state index in [1.165, 1.54) is 57.6 Å². The lowest BCUT2D eigenvalue weighted by molar-refractivity contribution is 0.0558. The Morgan fingerprint density at radius 1 is 1.00 bits per heavy atom. The molecule has 1 N–H and O–H groups in total. The van der Waals surface area contributed by atoms with Crippen LogP contribution in [0.1, 0.15) is 26.2 Å².